The van der Waals surface area contributed by atoms with E-state index in [2.05, 4.69) is 13.0 Å². The summed E-state index contributed by atoms with van der Waals surface area (Å²) in [6, 6.07) is 21.1. The molecule has 27 heavy (non-hydrogen) atoms. The molecule has 0 saturated carbocycles. The summed E-state index contributed by atoms with van der Waals surface area (Å²) in [5.41, 5.74) is 0.954. The van der Waals surface area contributed by atoms with Crippen molar-refractivity contribution in [3.8, 4) is 5.75 Å². The summed E-state index contributed by atoms with van der Waals surface area (Å²) in [5.74, 6) is 1.64. The van der Waals surface area contributed by atoms with Crippen molar-refractivity contribution in [3.05, 3.63) is 78.3 Å². The van der Waals surface area contributed by atoms with E-state index >= 15 is 0 Å². The average molecular weight is 379 g/mol. The number of benzene rings is 2. The monoisotopic (exact) mass is 379 g/mol. The number of thioether (sulfide) groups is 1. The molecule has 1 aromatic heterocycles. The summed E-state index contributed by atoms with van der Waals surface area (Å²) >= 11 is 1.82. The number of amides is 1. The molecule has 0 saturated heterocycles. The summed E-state index contributed by atoms with van der Waals surface area (Å²) < 4.78 is 11.5. The van der Waals surface area contributed by atoms with E-state index in [1.807, 2.05) is 65.2 Å². The van der Waals surface area contributed by atoms with Crippen molar-refractivity contribution in [3.63, 3.8) is 0 Å². The summed E-state index contributed by atoms with van der Waals surface area (Å²) in [6.45, 7) is 3.17. The second-order valence-electron chi connectivity index (χ2n) is 6.51. The molecule has 1 unspecified atom stereocenters. The first-order chi connectivity index (χ1) is 13.2. The molecule has 1 aliphatic heterocycles. The molecular formula is C22H21NO3S. The molecule has 2 aromatic carbocycles. The number of para-hydroxylation sites is 2. The normalized spacial score (nSPS) is 16.5. The summed E-state index contributed by atoms with van der Waals surface area (Å²) in [6.07, 6.45) is 0.940. The van der Waals surface area contributed by atoms with Gasteiger partial charge in [-0.3, -0.25) is 4.79 Å². The van der Waals surface area contributed by atoms with Gasteiger partial charge in [-0.15, -0.1) is 11.8 Å². The minimum absolute atomic E-state index is 0.108. The van der Waals surface area contributed by atoms with Crippen molar-refractivity contribution < 1.29 is 13.9 Å². The molecule has 5 heteroatoms. The molecule has 4 nitrogen and oxygen atoms in total. The largest absolute Gasteiger partial charge is 0.486 e. The highest BCUT2D eigenvalue weighted by Crippen LogP contribution is 2.37. The van der Waals surface area contributed by atoms with Gasteiger partial charge < -0.3 is 14.1 Å². The number of ether oxygens (including phenoxy) is 1. The lowest BCUT2D eigenvalue weighted by molar-refractivity contribution is 0.0955. The van der Waals surface area contributed by atoms with Gasteiger partial charge in [0.15, 0.2) is 5.76 Å². The van der Waals surface area contributed by atoms with Crippen LogP contribution in [0.25, 0.3) is 0 Å². The second kappa shape index (κ2) is 7.92. The number of carbonyl (C=O) groups excluding carboxylic acids is 1. The van der Waals surface area contributed by atoms with E-state index < -0.39 is 0 Å². The maximum absolute atomic E-state index is 13.1. The van der Waals surface area contributed by atoms with Crippen molar-refractivity contribution in [1.29, 1.82) is 0 Å². The number of rotatable bonds is 4. The molecule has 0 aliphatic carbocycles. The van der Waals surface area contributed by atoms with Crippen molar-refractivity contribution in [1.82, 2.24) is 0 Å². The molecule has 0 fully saturated rings. The fraction of sp³-hybridized carbons (Fsp3) is 0.227. The van der Waals surface area contributed by atoms with Crippen molar-refractivity contribution in [2.45, 2.75) is 30.1 Å². The van der Waals surface area contributed by atoms with Gasteiger partial charge in [0.25, 0.3) is 5.91 Å². The first kappa shape index (κ1) is 17.7. The molecule has 3 aromatic rings. The van der Waals surface area contributed by atoms with Gasteiger partial charge in [-0.25, -0.2) is 0 Å². The minimum atomic E-state index is -0.108. The highest BCUT2D eigenvalue weighted by atomic mass is 32.2. The average Bonchev–Trinajstić information content (AvgIpc) is 3.10. The Hall–Kier alpha value is -2.66. The Balaban J connectivity index is 1.51. The zero-order valence-electron chi connectivity index (χ0n) is 15.1. The minimum Gasteiger partial charge on any atom is -0.486 e. The number of fused-ring (bicyclic) bond motifs is 1. The van der Waals surface area contributed by atoms with Crippen molar-refractivity contribution >= 4 is 23.4 Å². The topological polar surface area (TPSA) is 42.7 Å². The van der Waals surface area contributed by atoms with Crippen LogP contribution in [0.5, 0.6) is 5.75 Å². The maximum Gasteiger partial charge on any atom is 0.294 e. The summed E-state index contributed by atoms with van der Waals surface area (Å²) in [7, 11) is 0. The van der Waals surface area contributed by atoms with Crippen LogP contribution in [0.4, 0.5) is 5.69 Å². The lowest BCUT2D eigenvalue weighted by Gasteiger charge is -2.21. The SMILES string of the molecule is CC1CCN(C(=O)c2ccc(COc3ccccc3)o2)c2ccccc2S1. The number of hydrogen-bond donors (Lipinski definition) is 0. The summed E-state index contributed by atoms with van der Waals surface area (Å²) in [5, 5.41) is 0.468. The number of nitrogens with zero attached hydrogens (tertiary/aromatic N) is 1. The van der Waals surface area contributed by atoms with E-state index in [-0.39, 0.29) is 5.91 Å². The molecule has 0 N–H and O–H groups in total. The standard InChI is InChI=1S/C22H21NO3S/c1-16-13-14-23(19-9-5-6-10-21(19)27-16)22(24)20-12-11-18(26-20)15-25-17-7-3-2-4-8-17/h2-12,16H,13-15H2,1H3. The van der Waals surface area contributed by atoms with Gasteiger partial charge in [0.2, 0.25) is 0 Å². The third-order valence-electron chi connectivity index (χ3n) is 4.49. The van der Waals surface area contributed by atoms with E-state index in [0.29, 0.717) is 29.9 Å². The third kappa shape index (κ3) is 4.03. The zero-order chi connectivity index (χ0) is 18.6. The van der Waals surface area contributed by atoms with Gasteiger partial charge in [-0.2, -0.15) is 0 Å². The predicted molar refractivity (Wildman–Crippen MR) is 108 cm³/mol. The maximum atomic E-state index is 13.1. The Kier molecular flexibility index (Phi) is 5.21. The molecule has 1 atom stereocenters. The van der Waals surface area contributed by atoms with Gasteiger partial charge in [-0.05, 0) is 42.8 Å². The van der Waals surface area contributed by atoms with E-state index in [1.165, 1.54) is 0 Å². The fourth-order valence-corrected chi connectivity index (χ4v) is 4.19. The molecule has 1 aliphatic rings. The van der Waals surface area contributed by atoms with Crippen LogP contribution < -0.4 is 9.64 Å². The first-order valence-electron chi connectivity index (χ1n) is 9.05. The van der Waals surface area contributed by atoms with Gasteiger partial charge in [0.05, 0.1) is 5.69 Å². The molecule has 2 heterocycles. The lowest BCUT2D eigenvalue weighted by atomic mass is 10.2. The molecular weight excluding hydrogens is 358 g/mol. The molecule has 0 radical (unpaired) electrons. The van der Waals surface area contributed by atoms with Crippen molar-refractivity contribution in [2.24, 2.45) is 0 Å². The molecule has 0 bridgehead atoms. The van der Waals surface area contributed by atoms with Gasteiger partial charge in [0.1, 0.15) is 18.1 Å². The van der Waals surface area contributed by atoms with E-state index in [1.54, 1.807) is 12.1 Å². The number of furan rings is 1. The van der Waals surface area contributed by atoms with Crippen LogP contribution in [-0.2, 0) is 6.61 Å². The quantitative estimate of drug-likeness (QED) is 0.609. The van der Waals surface area contributed by atoms with Gasteiger partial charge in [-0.1, -0.05) is 37.3 Å². The van der Waals surface area contributed by atoms with Crippen molar-refractivity contribution in [2.75, 3.05) is 11.4 Å². The van der Waals surface area contributed by atoms with E-state index in [4.69, 9.17) is 9.15 Å². The van der Waals surface area contributed by atoms with Crippen LogP contribution in [0.15, 0.2) is 76.0 Å². The van der Waals surface area contributed by atoms with Gasteiger partial charge >= 0.3 is 0 Å². The smallest absolute Gasteiger partial charge is 0.294 e. The summed E-state index contributed by atoms with van der Waals surface area (Å²) in [4.78, 5) is 16.1. The van der Waals surface area contributed by atoms with Crippen LogP contribution in [0.1, 0.15) is 29.7 Å². The van der Waals surface area contributed by atoms with Crippen LogP contribution in [-0.4, -0.2) is 17.7 Å². The van der Waals surface area contributed by atoms with E-state index in [9.17, 15) is 4.79 Å². The highest BCUT2D eigenvalue weighted by Gasteiger charge is 2.26. The lowest BCUT2D eigenvalue weighted by Crippen LogP contribution is -2.32. The Morgan fingerprint density at radius 3 is 2.74 bits per heavy atom. The first-order valence-corrected chi connectivity index (χ1v) is 9.93. The van der Waals surface area contributed by atoms with Gasteiger partial charge in [0, 0.05) is 16.7 Å². The van der Waals surface area contributed by atoms with Crippen LogP contribution in [0, 0.1) is 0 Å². The Morgan fingerprint density at radius 1 is 1.11 bits per heavy atom. The van der Waals surface area contributed by atoms with E-state index in [0.717, 1.165) is 22.8 Å². The van der Waals surface area contributed by atoms with Crippen LogP contribution >= 0.6 is 11.8 Å². The molecule has 4 rings (SSSR count). The third-order valence-corrected chi connectivity index (χ3v) is 5.72. The molecule has 0 spiro atoms. The Bertz CT molecular complexity index is 922. The number of anilines is 1. The number of hydrogen-bond acceptors (Lipinski definition) is 4. The fourth-order valence-electron chi connectivity index (χ4n) is 3.07. The number of carbonyl (C=O) groups is 1. The van der Waals surface area contributed by atoms with Crippen LogP contribution in [0.2, 0.25) is 0 Å². The Morgan fingerprint density at radius 2 is 1.89 bits per heavy atom. The highest BCUT2D eigenvalue weighted by molar-refractivity contribution is 8.00. The molecule has 138 valence electrons. The Labute approximate surface area is 163 Å². The van der Waals surface area contributed by atoms with Crippen LogP contribution in [0.3, 0.4) is 0 Å². The second-order valence-corrected chi connectivity index (χ2v) is 7.99. The zero-order valence-corrected chi connectivity index (χ0v) is 15.9. The molecule has 1 amide bonds. The predicted octanol–water partition coefficient (Wildman–Crippen LogP) is 5.39.